The lowest BCUT2D eigenvalue weighted by Crippen LogP contribution is -2.20. The fourth-order valence-corrected chi connectivity index (χ4v) is 3.42. The minimum Gasteiger partial charge on any atom is -0.482 e. The summed E-state index contributed by atoms with van der Waals surface area (Å²) in [6.07, 6.45) is 1.41. The Morgan fingerprint density at radius 2 is 1.71 bits per heavy atom. The van der Waals surface area contributed by atoms with Gasteiger partial charge in [-0.05, 0) is 66.6 Å². The maximum Gasteiger partial charge on any atom is 0.266 e. The molecule has 0 heterocycles. The first kappa shape index (κ1) is 25.1. The minimum atomic E-state index is -0.538. The third-order valence-corrected chi connectivity index (χ3v) is 5.50. The van der Waals surface area contributed by atoms with Crippen LogP contribution in [0.3, 0.4) is 0 Å². The van der Waals surface area contributed by atoms with Crippen LogP contribution in [0.5, 0.6) is 5.75 Å². The Morgan fingerprint density at radius 3 is 2.38 bits per heavy atom. The molecule has 2 amide bonds. The molecule has 6 nitrogen and oxygen atoms in total. The number of nitrogens with one attached hydrogen (secondary N) is 2. The molecular weight excluding hydrogens is 497 g/mol. The monoisotopic (exact) mass is 513 g/mol. The van der Waals surface area contributed by atoms with Gasteiger partial charge in [-0.25, -0.2) is 0 Å². The van der Waals surface area contributed by atoms with Gasteiger partial charge in [-0.3, -0.25) is 9.59 Å². The Labute approximate surface area is 211 Å². The predicted octanol–water partition coefficient (Wildman–Crippen LogP) is 6.52. The fraction of sp³-hybridized carbons (Fsp3) is 0.0800. The minimum absolute atomic E-state index is 0.0905. The molecule has 0 radical (unpaired) electrons. The van der Waals surface area contributed by atoms with Crippen molar-refractivity contribution in [3.8, 4) is 11.8 Å². The van der Waals surface area contributed by atoms with E-state index in [-0.39, 0.29) is 23.0 Å². The van der Waals surface area contributed by atoms with E-state index >= 15 is 0 Å². The van der Waals surface area contributed by atoms with Gasteiger partial charge in [0.25, 0.3) is 11.8 Å². The number of ether oxygens (including phenoxy) is 1. The number of anilines is 2. The maximum atomic E-state index is 12.5. The van der Waals surface area contributed by atoms with E-state index in [0.717, 1.165) is 5.56 Å². The van der Waals surface area contributed by atoms with Gasteiger partial charge < -0.3 is 15.4 Å². The van der Waals surface area contributed by atoms with E-state index in [1.807, 2.05) is 25.1 Å². The normalized spacial score (nSPS) is 10.9. The zero-order valence-corrected chi connectivity index (χ0v) is 20.1. The van der Waals surface area contributed by atoms with Crippen LogP contribution in [0.4, 0.5) is 11.4 Å². The number of rotatable bonds is 7. The molecule has 3 aromatic rings. The van der Waals surface area contributed by atoms with Crippen molar-refractivity contribution < 1.29 is 14.3 Å². The number of hydrogen-bond donors (Lipinski definition) is 2. The Balaban J connectivity index is 1.63. The number of hydrogen-bond acceptors (Lipinski definition) is 4. The first-order valence-electron chi connectivity index (χ1n) is 9.92. The standard InChI is InChI=1S/C25H18Cl3N3O3/c1-15-3-2-4-18(9-15)31-25(33)17(13-29)10-16-5-8-23(22(28)11-16)34-14-24(32)30-19-6-7-20(26)21(27)12-19/h2-12H,14H2,1H3,(H,30,32)(H,31,33)/b17-10+. The number of aryl methyl sites for hydroxylation is 1. The fourth-order valence-electron chi connectivity index (χ4n) is 2.87. The number of amides is 2. The number of carbonyl (C=O) groups excluding carboxylic acids is 2. The highest BCUT2D eigenvalue weighted by Gasteiger charge is 2.12. The van der Waals surface area contributed by atoms with Crippen molar-refractivity contribution in [3.63, 3.8) is 0 Å². The first-order chi connectivity index (χ1) is 16.2. The van der Waals surface area contributed by atoms with E-state index in [9.17, 15) is 14.9 Å². The van der Waals surface area contributed by atoms with Crippen LogP contribution in [0.2, 0.25) is 15.1 Å². The molecule has 0 atom stereocenters. The van der Waals surface area contributed by atoms with Gasteiger partial charge in [-0.2, -0.15) is 5.26 Å². The summed E-state index contributed by atoms with van der Waals surface area (Å²) in [6, 6.07) is 18.6. The average molecular weight is 515 g/mol. The van der Waals surface area contributed by atoms with E-state index in [2.05, 4.69) is 10.6 Å². The molecule has 34 heavy (non-hydrogen) atoms. The van der Waals surface area contributed by atoms with E-state index in [1.165, 1.54) is 18.2 Å². The van der Waals surface area contributed by atoms with Crippen LogP contribution in [0.1, 0.15) is 11.1 Å². The van der Waals surface area contributed by atoms with Crippen LogP contribution in [-0.2, 0) is 9.59 Å². The molecule has 3 rings (SSSR count). The maximum absolute atomic E-state index is 12.5. The van der Waals surface area contributed by atoms with Gasteiger partial charge in [-0.15, -0.1) is 0 Å². The van der Waals surface area contributed by atoms with Crippen molar-refractivity contribution in [2.75, 3.05) is 17.2 Å². The molecule has 172 valence electrons. The predicted molar refractivity (Wildman–Crippen MR) is 135 cm³/mol. The highest BCUT2D eigenvalue weighted by molar-refractivity contribution is 6.42. The number of carbonyl (C=O) groups is 2. The van der Waals surface area contributed by atoms with E-state index in [1.54, 1.807) is 36.4 Å². The second-order valence-electron chi connectivity index (χ2n) is 7.15. The summed E-state index contributed by atoms with van der Waals surface area (Å²) in [5, 5.41) is 15.7. The summed E-state index contributed by atoms with van der Waals surface area (Å²) >= 11 is 18.1. The van der Waals surface area contributed by atoms with Crippen molar-refractivity contribution in [1.29, 1.82) is 5.26 Å². The molecule has 2 N–H and O–H groups in total. The Bertz CT molecular complexity index is 1320. The second-order valence-corrected chi connectivity index (χ2v) is 8.37. The summed E-state index contributed by atoms with van der Waals surface area (Å²) in [6.45, 7) is 1.61. The third-order valence-electron chi connectivity index (χ3n) is 4.47. The third kappa shape index (κ3) is 7.00. The van der Waals surface area contributed by atoms with Crippen molar-refractivity contribution in [1.82, 2.24) is 0 Å². The van der Waals surface area contributed by atoms with Crippen LogP contribution in [0.15, 0.2) is 66.2 Å². The largest absolute Gasteiger partial charge is 0.482 e. The summed E-state index contributed by atoms with van der Waals surface area (Å²) in [5.41, 5.74) is 2.48. The molecular formula is C25H18Cl3N3O3. The molecule has 0 fully saturated rings. The highest BCUT2D eigenvalue weighted by Crippen LogP contribution is 2.27. The molecule has 0 aliphatic rings. The second kappa shape index (κ2) is 11.6. The van der Waals surface area contributed by atoms with Gasteiger partial charge in [0, 0.05) is 11.4 Å². The molecule has 0 bridgehead atoms. The molecule has 0 unspecified atom stereocenters. The SMILES string of the molecule is Cc1cccc(NC(=O)/C(C#N)=C/c2ccc(OCC(=O)Nc3ccc(Cl)c(Cl)c3)c(Cl)c2)c1. The summed E-state index contributed by atoms with van der Waals surface area (Å²) < 4.78 is 5.48. The molecule has 0 aliphatic carbocycles. The molecule has 0 spiro atoms. The van der Waals surface area contributed by atoms with Crippen molar-refractivity contribution >= 4 is 64.1 Å². The molecule has 0 aliphatic heterocycles. The highest BCUT2D eigenvalue weighted by atomic mass is 35.5. The van der Waals surface area contributed by atoms with E-state index in [0.29, 0.717) is 27.0 Å². The molecule has 0 saturated carbocycles. The van der Waals surface area contributed by atoms with E-state index < -0.39 is 11.8 Å². The van der Waals surface area contributed by atoms with Gasteiger partial charge in [0.2, 0.25) is 0 Å². The summed E-state index contributed by atoms with van der Waals surface area (Å²) in [5.74, 6) is -0.688. The lowest BCUT2D eigenvalue weighted by atomic mass is 10.1. The average Bonchev–Trinajstić information content (AvgIpc) is 2.79. The van der Waals surface area contributed by atoms with Gasteiger partial charge >= 0.3 is 0 Å². The lowest BCUT2D eigenvalue weighted by molar-refractivity contribution is -0.118. The van der Waals surface area contributed by atoms with Crippen molar-refractivity contribution in [3.05, 3.63) is 92.4 Å². The van der Waals surface area contributed by atoms with Crippen LogP contribution in [0, 0.1) is 18.3 Å². The summed E-state index contributed by atoms with van der Waals surface area (Å²) in [4.78, 5) is 24.6. The molecule has 3 aromatic carbocycles. The Hall–Kier alpha value is -3.50. The lowest BCUT2D eigenvalue weighted by Gasteiger charge is -2.10. The topological polar surface area (TPSA) is 91.2 Å². The van der Waals surface area contributed by atoms with Crippen LogP contribution in [0.25, 0.3) is 6.08 Å². The molecule has 0 saturated heterocycles. The van der Waals surface area contributed by atoms with Crippen LogP contribution in [-0.4, -0.2) is 18.4 Å². The Morgan fingerprint density at radius 1 is 0.941 bits per heavy atom. The smallest absolute Gasteiger partial charge is 0.266 e. The van der Waals surface area contributed by atoms with Gasteiger partial charge in [0.1, 0.15) is 17.4 Å². The van der Waals surface area contributed by atoms with Crippen molar-refractivity contribution in [2.45, 2.75) is 6.92 Å². The van der Waals surface area contributed by atoms with E-state index in [4.69, 9.17) is 39.5 Å². The summed E-state index contributed by atoms with van der Waals surface area (Å²) in [7, 11) is 0. The van der Waals surface area contributed by atoms with Crippen LogP contribution >= 0.6 is 34.8 Å². The zero-order valence-electron chi connectivity index (χ0n) is 17.9. The van der Waals surface area contributed by atoms with Gasteiger partial charge in [-0.1, -0.05) is 53.0 Å². The van der Waals surface area contributed by atoms with Crippen molar-refractivity contribution in [2.24, 2.45) is 0 Å². The number of nitrogens with zero attached hydrogens (tertiary/aromatic N) is 1. The number of nitriles is 1. The number of benzene rings is 3. The number of halogens is 3. The molecule has 0 aromatic heterocycles. The van der Waals surface area contributed by atoms with Crippen LogP contribution < -0.4 is 15.4 Å². The quantitative estimate of drug-likeness (QED) is 0.277. The molecule has 9 heteroatoms. The zero-order chi connectivity index (χ0) is 24.7. The van der Waals surface area contributed by atoms with Gasteiger partial charge in [0.15, 0.2) is 6.61 Å². The first-order valence-corrected chi connectivity index (χ1v) is 11.1. The Kier molecular flexibility index (Phi) is 8.55. The van der Waals surface area contributed by atoms with Gasteiger partial charge in [0.05, 0.1) is 15.1 Å².